The van der Waals surface area contributed by atoms with Crippen molar-refractivity contribution >= 4 is 18.8 Å². The largest absolute Gasteiger partial charge is 0.511 e. The summed E-state index contributed by atoms with van der Waals surface area (Å²) in [6.45, 7) is 2.11. The fraction of sp³-hybridized carbons (Fsp3) is 1.00. The highest BCUT2D eigenvalue weighted by Gasteiger charge is 2.32. The molecule has 1 unspecified atom stereocenters. The standard InChI is InChI=1S/C7H14O4PS/c1-6-2-4-7(5-3-6)13(9,10)11-12-8/h6-7,12H,2-5H2,1H3/q+1. The van der Waals surface area contributed by atoms with Gasteiger partial charge in [-0.1, -0.05) is 6.92 Å². The molecule has 1 saturated carbocycles. The first-order valence-electron chi connectivity index (χ1n) is 4.35. The summed E-state index contributed by atoms with van der Waals surface area (Å²) in [6, 6.07) is 0. The molecule has 13 heavy (non-hydrogen) atoms. The summed E-state index contributed by atoms with van der Waals surface area (Å²) in [5.41, 5.74) is 0. The molecule has 0 aromatic heterocycles. The average molecular weight is 225 g/mol. The molecule has 0 radical (unpaired) electrons. The predicted molar refractivity (Wildman–Crippen MR) is 50.4 cm³/mol. The number of hydrogen-bond donors (Lipinski definition) is 0. The highest BCUT2D eigenvalue weighted by molar-refractivity contribution is 7.89. The second-order valence-corrected chi connectivity index (χ2v) is 6.03. The molecule has 1 aliphatic rings. The summed E-state index contributed by atoms with van der Waals surface area (Å²) < 4.78 is 36.9. The van der Waals surface area contributed by atoms with Crippen LogP contribution < -0.4 is 0 Å². The Morgan fingerprint density at radius 1 is 1.23 bits per heavy atom. The zero-order valence-electron chi connectivity index (χ0n) is 7.52. The van der Waals surface area contributed by atoms with Gasteiger partial charge >= 0.3 is 18.8 Å². The molecule has 4 nitrogen and oxygen atoms in total. The van der Waals surface area contributed by atoms with Crippen molar-refractivity contribution in [1.82, 2.24) is 0 Å². The van der Waals surface area contributed by atoms with Gasteiger partial charge in [-0.3, -0.25) is 0 Å². The third-order valence-corrected chi connectivity index (χ3v) is 5.01. The molecule has 0 amide bonds. The Bertz CT molecular complexity index is 266. The zero-order chi connectivity index (χ0) is 9.90. The summed E-state index contributed by atoms with van der Waals surface area (Å²) in [5.74, 6) is 0.598. The van der Waals surface area contributed by atoms with Crippen LogP contribution >= 0.6 is 8.69 Å². The fourth-order valence-electron chi connectivity index (χ4n) is 1.63. The van der Waals surface area contributed by atoms with Gasteiger partial charge in [-0.2, -0.15) is 8.42 Å². The highest BCUT2D eigenvalue weighted by Crippen LogP contribution is 2.29. The van der Waals surface area contributed by atoms with E-state index in [2.05, 4.69) is 10.9 Å². The Morgan fingerprint density at radius 3 is 2.23 bits per heavy atom. The van der Waals surface area contributed by atoms with E-state index in [9.17, 15) is 13.0 Å². The van der Waals surface area contributed by atoms with Crippen molar-refractivity contribution in [2.75, 3.05) is 0 Å². The minimum absolute atomic E-state index is 0.440. The van der Waals surface area contributed by atoms with Gasteiger partial charge in [0.15, 0.2) is 0 Å². The van der Waals surface area contributed by atoms with Gasteiger partial charge in [0.05, 0.1) is 5.25 Å². The first-order valence-corrected chi connectivity index (χ1v) is 6.64. The Kier molecular flexibility index (Phi) is 3.83. The lowest BCUT2D eigenvalue weighted by molar-refractivity contribution is 0.368. The van der Waals surface area contributed by atoms with Crippen molar-refractivity contribution < 1.29 is 17.0 Å². The molecule has 0 aromatic carbocycles. The molecule has 0 spiro atoms. The van der Waals surface area contributed by atoms with Gasteiger partial charge in [-0.15, -0.1) is 0 Å². The summed E-state index contributed by atoms with van der Waals surface area (Å²) >= 11 is 0. The average Bonchev–Trinajstić information content (AvgIpc) is 2.05. The van der Waals surface area contributed by atoms with Crippen molar-refractivity contribution in [1.29, 1.82) is 0 Å². The van der Waals surface area contributed by atoms with E-state index >= 15 is 0 Å². The topological polar surface area (TPSA) is 60.4 Å². The predicted octanol–water partition coefficient (Wildman–Crippen LogP) is 1.85. The second-order valence-electron chi connectivity index (χ2n) is 3.54. The van der Waals surface area contributed by atoms with Crippen LogP contribution in [-0.2, 0) is 18.7 Å². The SMILES string of the molecule is CC1CCC(S(=O)(=O)O[PH+]=O)CC1. The van der Waals surface area contributed by atoms with Crippen LogP contribution in [0.1, 0.15) is 32.6 Å². The van der Waals surface area contributed by atoms with Crippen LogP contribution in [0.5, 0.6) is 0 Å². The smallest absolute Gasteiger partial charge is 0.195 e. The van der Waals surface area contributed by atoms with Crippen LogP contribution in [0.25, 0.3) is 0 Å². The first kappa shape index (κ1) is 11.1. The molecule has 1 fully saturated rings. The van der Waals surface area contributed by atoms with Crippen molar-refractivity contribution in [2.45, 2.75) is 37.9 Å². The van der Waals surface area contributed by atoms with Gasteiger partial charge < -0.3 is 0 Å². The van der Waals surface area contributed by atoms with Crippen LogP contribution in [0.15, 0.2) is 0 Å². The third-order valence-electron chi connectivity index (χ3n) is 2.52. The van der Waals surface area contributed by atoms with Crippen LogP contribution in [0.3, 0.4) is 0 Å². The molecule has 0 saturated heterocycles. The van der Waals surface area contributed by atoms with E-state index in [1.807, 2.05) is 0 Å². The number of hydrogen-bond acceptors (Lipinski definition) is 4. The molecule has 1 rings (SSSR count). The maximum Gasteiger partial charge on any atom is 0.511 e. The molecular formula is C7H14O4PS+. The minimum atomic E-state index is -3.56. The lowest BCUT2D eigenvalue weighted by Crippen LogP contribution is -2.26. The maximum atomic E-state index is 11.3. The number of rotatable bonds is 3. The monoisotopic (exact) mass is 225 g/mol. The van der Waals surface area contributed by atoms with E-state index in [1.165, 1.54) is 0 Å². The van der Waals surface area contributed by atoms with Crippen LogP contribution in [0.2, 0.25) is 0 Å². The molecular weight excluding hydrogens is 211 g/mol. The van der Waals surface area contributed by atoms with Crippen molar-refractivity contribution in [3.8, 4) is 0 Å². The van der Waals surface area contributed by atoms with Crippen LogP contribution in [-0.4, -0.2) is 13.7 Å². The van der Waals surface area contributed by atoms with Gasteiger partial charge in [0.25, 0.3) is 0 Å². The van der Waals surface area contributed by atoms with Crippen LogP contribution in [0, 0.1) is 5.92 Å². The lowest BCUT2D eigenvalue weighted by Gasteiger charge is -2.23. The molecule has 0 aromatic rings. The molecule has 1 aliphatic carbocycles. The summed E-state index contributed by atoms with van der Waals surface area (Å²) in [7, 11) is -4.77. The Balaban J connectivity index is 2.58. The fourth-order valence-corrected chi connectivity index (χ4v) is 3.41. The third kappa shape index (κ3) is 3.01. The van der Waals surface area contributed by atoms with E-state index in [1.54, 1.807) is 0 Å². The Labute approximate surface area is 80.1 Å². The van der Waals surface area contributed by atoms with Crippen LogP contribution in [0.4, 0.5) is 0 Å². The minimum Gasteiger partial charge on any atom is -0.195 e. The van der Waals surface area contributed by atoms with Gasteiger partial charge in [-0.05, 0) is 40.1 Å². The van der Waals surface area contributed by atoms with E-state index in [-0.39, 0.29) is 0 Å². The van der Waals surface area contributed by atoms with E-state index < -0.39 is 24.1 Å². The Morgan fingerprint density at radius 2 is 1.77 bits per heavy atom. The van der Waals surface area contributed by atoms with Crippen molar-refractivity contribution in [3.63, 3.8) is 0 Å². The first-order chi connectivity index (χ1) is 6.06. The van der Waals surface area contributed by atoms with Gasteiger partial charge in [0, 0.05) is 0 Å². The molecule has 0 aliphatic heterocycles. The molecule has 0 heterocycles. The summed E-state index contributed by atoms with van der Waals surface area (Å²) in [6.07, 6.45) is 3.09. The maximum absolute atomic E-state index is 11.3. The van der Waals surface area contributed by atoms with Crippen molar-refractivity contribution in [3.05, 3.63) is 0 Å². The quantitative estimate of drug-likeness (QED) is 0.688. The summed E-state index contributed by atoms with van der Waals surface area (Å²) in [4.78, 5) is 0. The molecule has 0 bridgehead atoms. The molecule has 1 atom stereocenters. The lowest BCUT2D eigenvalue weighted by atomic mass is 9.91. The highest BCUT2D eigenvalue weighted by atomic mass is 32.2. The van der Waals surface area contributed by atoms with Gasteiger partial charge in [0.2, 0.25) is 0 Å². The van der Waals surface area contributed by atoms with E-state index in [0.717, 1.165) is 12.8 Å². The zero-order valence-corrected chi connectivity index (χ0v) is 9.34. The van der Waals surface area contributed by atoms with E-state index in [4.69, 9.17) is 0 Å². The molecule has 76 valence electrons. The molecule has 6 heteroatoms. The Hall–Kier alpha value is 0.01000. The van der Waals surface area contributed by atoms with Gasteiger partial charge in [0.1, 0.15) is 0 Å². The summed E-state index contributed by atoms with van der Waals surface area (Å²) in [5, 5.41) is -0.440. The van der Waals surface area contributed by atoms with E-state index in [0.29, 0.717) is 18.8 Å². The second kappa shape index (κ2) is 4.49. The van der Waals surface area contributed by atoms with Gasteiger partial charge in [-0.25, -0.2) is 0 Å². The normalized spacial score (nSPS) is 30.5. The molecule has 0 N–H and O–H groups in total. The van der Waals surface area contributed by atoms with Crippen molar-refractivity contribution in [2.24, 2.45) is 5.92 Å².